The highest BCUT2D eigenvalue weighted by Crippen LogP contribution is 2.30. The fourth-order valence-electron chi connectivity index (χ4n) is 3.85. The molecule has 0 radical (unpaired) electrons. The third-order valence-corrected chi connectivity index (χ3v) is 5.46. The van der Waals surface area contributed by atoms with E-state index in [1.807, 2.05) is 6.92 Å². The molecule has 0 atom stereocenters. The summed E-state index contributed by atoms with van der Waals surface area (Å²) in [4.78, 5) is 30.3. The summed E-state index contributed by atoms with van der Waals surface area (Å²) in [7, 11) is 1.56. The number of aromatic nitrogens is 5. The summed E-state index contributed by atoms with van der Waals surface area (Å²) in [5, 5.41) is 0. The number of alkyl halides is 3. The average molecular weight is 433 g/mol. The molecule has 0 saturated heterocycles. The Balaban J connectivity index is 1.93. The molecule has 0 unspecified atom stereocenters. The van der Waals surface area contributed by atoms with Crippen LogP contribution in [0.2, 0.25) is 0 Å². The van der Waals surface area contributed by atoms with Crippen LogP contribution in [0.15, 0.2) is 40.1 Å². The van der Waals surface area contributed by atoms with Crippen LogP contribution in [-0.2, 0) is 19.8 Å². The maximum atomic E-state index is 13.1. The van der Waals surface area contributed by atoms with E-state index in [-0.39, 0.29) is 11.2 Å². The van der Waals surface area contributed by atoms with Crippen molar-refractivity contribution in [2.45, 2.75) is 45.8 Å². The van der Waals surface area contributed by atoms with Crippen LogP contribution in [0.25, 0.3) is 22.6 Å². The molecule has 0 aliphatic heterocycles. The van der Waals surface area contributed by atoms with Gasteiger partial charge >= 0.3 is 11.9 Å². The van der Waals surface area contributed by atoms with Gasteiger partial charge in [-0.15, -0.1) is 0 Å². The predicted octanol–water partition coefficient (Wildman–Crippen LogP) is 3.66. The van der Waals surface area contributed by atoms with Gasteiger partial charge in [-0.25, -0.2) is 4.79 Å². The van der Waals surface area contributed by atoms with E-state index in [9.17, 15) is 22.8 Å². The van der Waals surface area contributed by atoms with Crippen LogP contribution >= 0.6 is 0 Å². The number of imidazole rings is 2. The molecule has 1 aromatic carbocycles. The summed E-state index contributed by atoms with van der Waals surface area (Å²) in [5.74, 6) is 0.352. The number of nitrogens with zero attached hydrogens (tertiary/aromatic N) is 5. The Morgan fingerprint density at radius 1 is 1.06 bits per heavy atom. The van der Waals surface area contributed by atoms with Gasteiger partial charge in [0.25, 0.3) is 5.56 Å². The van der Waals surface area contributed by atoms with Crippen LogP contribution in [0.4, 0.5) is 13.2 Å². The third kappa shape index (κ3) is 3.35. The van der Waals surface area contributed by atoms with Crippen molar-refractivity contribution in [3.8, 4) is 5.69 Å². The standard InChI is InChI=1S/C21H22F3N5O2/c1-4-5-6-11-27-18(30)16-17(26(3)20(27)31)25-19-28(16)12-13(2)29(19)15-9-7-14(8-10-15)21(22,23)24/h7-10,12H,4-6,11H2,1-3H3. The minimum atomic E-state index is -4.43. The van der Waals surface area contributed by atoms with E-state index in [4.69, 9.17) is 0 Å². The van der Waals surface area contributed by atoms with Gasteiger partial charge in [-0.05, 0) is 37.6 Å². The molecule has 3 heterocycles. The number of hydrogen-bond acceptors (Lipinski definition) is 3. The maximum absolute atomic E-state index is 13.1. The zero-order valence-electron chi connectivity index (χ0n) is 17.4. The molecular formula is C21H22F3N5O2. The summed E-state index contributed by atoms with van der Waals surface area (Å²) in [6.07, 6.45) is -0.153. The predicted molar refractivity (Wildman–Crippen MR) is 111 cm³/mol. The van der Waals surface area contributed by atoms with Crippen LogP contribution in [0.1, 0.15) is 37.4 Å². The normalized spacial score (nSPS) is 12.3. The van der Waals surface area contributed by atoms with E-state index in [1.54, 1.807) is 29.1 Å². The molecule has 4 rings (SSSR count). The van der Waals surface area contributed by atoms with Crippen molar-refractivity contribution in [3.63, 3.8) is 0 Å². The zero-order valence-corrected chi connectivity index (χ0v) is 17.4. The Labute approximate surface area is 175 Å². The van der Waals surface area contributed by atoms with Crippen molar-refractivity contribution in [2.24, 2.45) is 7.05 Å². The highest BCUT2D eigenvalue weighted by molar-refractivity contribution is 5.76. The van der Waals surface area contributed by atoms with Crippen LogP contribution in [0.3, 0.4) is 0 Å². The lowest BCUT2D eigenvalue weighted by atomic mass is 10.2. The van der Waals surface area contributed by atoms with Crippen molar-refractivity contribution in [3.05, 3.63) is 62.6 Å². The number of rotatable bonds is 5. The van der Waals surface area contributed by atoms with Crippen molar-refractivity contribution >= 4 is 16.9 Å². The molecule has 0 N–H and O–H groups in total. The molecule has 4 aromatic rings. The van der Waals surface area contributed by atoms with E-state index >= 15 is 0 Å². The number of benzene rings is 1. The largest absolute Gasteiger partial charge is 0.416 e. The van der Waals surface area contributed by atoms with Crippen LogP contribution in [0, 0.1) is 6.92 Å². The summed E-state index contributed by atoms with van der Waals surface area (Å²) in [6, 6.07) is 4.73. The summed E-state index contributed by atoms with van der Waals surface area (Å²) >= 11 is 0. The molecule has 7 nitrogen and oxygen atoms in total. The van der Waals surface area contributed by atoms with E-state index in [0.29, 0.717) is 30.1 Å². The zero-order chi connectivity index (χ0) is 22.5. The first-order valence-electron chi connectivity index (χ1n) is 10.0. The van der Waals surface area contributed by atoms with Gasteiger partial charge in [0, 0.05) is 31.2 Å². The summed E-state index contributed by atoms with van der Waals surface area (Å²) in [5.41, 5.74) is 0.0557. The molecule has 10 heteroatoms. The fourth-order valence-corrected chi connectivity index (χ4v) is 3.85. The SMILES string of the molecule is CCCCCn1c(=O)c2c(nc3n(-c4ccc(C(F)(F)F)cc4)c(C)cn23)n(C)c1=O. The lowest BCUT2D eigenvalue weighted by Gasteiger charge is -2.09. The fraction of sp³-hybridized carbons (Fsp3) is 0.381. The van der Waals surface area contributed by atoms with Crippen molar-refractivity contribution in [1.29, 1.82) is 0 Å². The number of aryl methyl sites for hydroxylation is 2. The van der Waals surface area contributed by atoms with Crippen LogP contribution in [-0.4, -0.2) is 23.1 Å². The van der Waals surface area contributed by atoms with Gasteiger partial charge in [-0.2, -0.15) is 18.2 Å². The first kappa shape index (κ1) is 21.0. The molecule has 3 aromatic heterocycles. The Kier molecular flexibility index (Phi) is 5.03. The van der Waals surface area contributed by atoms with Crippen molar-refractivity contribution in [2.75, 3.05) is 0 Å². The Hall–Kier alpha value is -3.30. The Bertz CT molecular complexity index is 1390. The second-order valence-corrected chi connectivity index (χ2v) is 7.61. The minimum absolute atomic E-state index is 0.234. The van der Waals surface area contributed by atoms with Gasteiger partial charge < -0.3 is 0 Å². The molecule has 31 heavy (non-hydrogen) atoms. The molecule has 0 bridgehead atoms. The number of hydrogen-bond donors (Lipinski definition) is 0. The number of fused-ring (bicyclic) bond motifs is 3. The van der Waals surface area contributed by atoms with Gasteiger partial charge in [0.2, 0.25) is 5.78 Å². The van der Waals surface area contributed by atoms with Gasteiger partial charge in [0.15, 0.2) is 11.2 Å². The molecule has 0 aliphatic carbocycles. The molecule has 0 saturated carbocycles. The summed E-state index contributed by atoms with van der Waals surface area (Å²) in [6.45, 7) is 4.14. The molecule has 0 fully saturated rings. The molecule has 0 spiro atoms. The lowest BCUT2D eigenvalue weighted by Crippen LogP contribution is -2.39. The lowest BCUT2D eigenvalue weighted by molar-refractivity contribution is -0.137. The smallest absolute Gasteiger partial charge is 0.283 e. The van der Waals surface area contributed by atoms with Crippen LogP contribution < -0.4 is 11.2 Å². The van der Waals surface area contributed by atoms with Crippen molar-refractivity contribution < 1.29 is 13.2 Å². The van der Waals surface area contributed by atoms with Gasteiger partial charge in [-0.3, -0.25) is 22.9 Å². The second kappa shape index (κ2) is 7.44. The van der Waals surface area contributed by atoms with Crippen LogP contribution in [0.5, 0.6) is 0 Å². The second-order valence-electron chi connectivity index (χ2n) is 7.61. The number of unbranched alkanes of at least 4 members (excludes halogenated alkanes) is 2. The highest BCUT2D eigenvalue weighted by Gasteiger charge is 2.30. The van der Waals surface area contributed by atoms with E-state index < -0.39 is 23.0 Å². The van der Waals surface area contributed by atoms with Gasteiger partial charge in [0.05, 0.1) is 5.56 Å². The quantitative estimate of drug-likeness (QED) is 0.451. The monoisotopic (exact) mass is 433 g/mol. The molecule has 0 aliphatic rings. The highest BCUT2D eigenvalue weighted by atomic mass is 19.4. The minimum Gasteiger partial charge on any atom is -0.283 e. The Morgan fingerprint density at radius 3 is 2.35 bits per heavy atom. The third-order valence-electron chi connectivity index (χ3n) is 5.46. The first-order chi connectivity index (χ1) is 14.6. The van der Waals surface area contributed by atoms with Gasteiger partial charge in [-0.1, -0.05) is 19.8 Å². The number of halogens is 3. The van der Waals surface area contributed by atoms with E-state index in [0.717, 1.165) is 25.0 Å². The topological polar surface area (TPSA) is 66.2 Å². The maximum Gasteiger partial charge on any atom is 0.416 e. The van der Waals surface area contributed by atoms with E-state index in [2.05, 4.69) is 4.98 Å². The van der Waals surface area contributed by atoms with E-state index in [1.165, 1.54) is 21.3 Å². The molecule has 164 valence electrons. The van der Waals surface area contributed by atoms with Gasteiger partial charge in [0.1, 0.15) is 0 Å². The summed E-state index contributed by atoms with van der Waals surface area (Å²) < 4.78 is 44.6. The molecular weight excluding hydrogens is 411 g/mol. The van der Waals surface area contributed by atoms with Crippen molar-refractivity contribution in [1.82, 2.24) is 23.1 Å². The molecule has 0 amide bonds. The Morgan fingerprint density at radius 2 is 1.74 bits per heavy atom. The average Bonchev–Trinajstić information content (AvgIpc) is 3.23. The first-order valence-corrected chi connectivity index (χ1v) is 10.0.